The second-order valence-corrected chi connectivity index (χ2v) is 6.43. The number of benzene rings is 2. The molecule has 0 aliphatic rings. The Hall–Kier alpha value is -3.26. The molecular formula is C20H22ClN3O5. The first-order valence-electron chi connectivity index (χ1n) is 8.67. The smallest absolute Gasteiger partial charge is 0.240 e. The number of hydrazone groups is 1. The van der Waals surface area contributed by atoms with Gasteiger partial charge in [-0.15, -0.1) is 0 Å². The van der Waals surface area contributed by atoms with Crippen LogP contribution in [0.5, 0.6) is 17.2 Å². The summed E-state index contributed by atoms with van der Waals surface area (Å²) in [5, 5.41) is 17.0. The van der Waals surface area contributed by atoms with Gasteiger partial charge in [-0.2, -0.15) is 5.10 Å². The van der Waals surface area contributed by atoms with Crippen LogP contribution in [-0.4, -0.2) is 37.4 Å². The van der Waals surface area contributed by atoms with E-state index in [2.05, 4.69) is 15.8 Å². The van der Waals surface area contributed by atoms with Gasteiger partial charge in [-0.25, -0.2) is 5.43 Å². The SMILES string of the molecule is COc1cc(/C=N/NC(=O)CCC(=O)Nc2cccc(Cl)c2C)cc(OC)c1O. The fourth-order valence-electron chi connectivity index (χ4n) is 2.41. The molecule has 2 aromatic rings. The lowest BCUT2D eigenvalue weighted by molar-refractivity contribution is -0.124. The number of nitrogens with zero attached hydrogens (tertiary/aromatic N) is 1. The van der Waals surface area contributed by atoms with E-state index in [4.69, 9.17) is 21.1 Å². The van der Waals surface area contributed by atoms with Crippen molar-refractivity contribution in [3.63, 3.8) is 0 Å². The van der Waals surface area contributed by atoms with Crippen molar-refractivity contribution in [3.8, 4) is 17.2 Å². The normalized spacial score (nSPS) is 10.6. The summed E-state index contributed by atoms with van der Waals surface area (Å²) in [5.74, 6) is -0.424. The Balaban J connectivity index is 1.87. The number of hydrogen-bond acceptors (Lipinski definition) is 6. The standard InChI is InChI=1S/C20H22ClN3O5/c1-12-14(21)5-4-6-15(12)23-18(25)7-8-19(26)24-22-11-13-9-16(28-2)20(27)17(10-13)29-3/h4-6,9-11,27H,7-8H2,1-3H3,(H,23,25)(H,24,26)/b22-11+. The Kier molecular flexibility index (Phi) is 7.85. The highest BCUT2D eigenvalue weighted by molar-refractivity contribution is 6.31. The van der Waals surface area contributed by atoms with Gasteiger partial charge in [0, 0.05) is 29.1 Å². The summed E-state index contributed by atoms with van der Waals surface area (Å²) >= 11 is 6.02. The number of phenolic OH excluding ortho intramolecular Hbond substituents is 1. The molecule has 0 spiro atoms. The van der Waals surface area contributed by atoms with Crippen molar-refractivity contribution < 1.29 is 24.2 Å². The van der Waals surface area contributed by atoms with Gasteiger partial charge in [0.25, 0.3) is 0 Å². The zero-order chi connectivity index (χ0) is 21.4. The Labute approximate surface area is 173 Å². The third-order valence-corrected chi connectivity index (χ3v) is 4.44. The summed E-state index contributed by atoms with van der Waals surface area (Å²) in [7, 11) is 2.82. The van der Waals surface area contributed by atoms with Crippen LogP contribution in [0.3, 0.4) is 0 Å². The lowest BCUT2D eigenvalue weighted by Gasteiger charge is -2.09. The molecule has 2 amide bonds. The molecular weight excluding hydrogens is 398 g/mol. The predicted octanol–water partition coefficient (Wildman–Crippen LogP) is 3.24. The molecule has 2 aromatic carbocycles. The van der Waals surface area contributed by atoms with Crippen LogP contribution in [0.2, 0.25) is 5.02 Å². The fourth-order valence-corrected chi connectivity index (χ4v) is 2.58. The van der Waals surface area contributed by atoms with E-state index in [-0.39, 0.29) is 36.0 Å². The van der Waals surface area contributed by atoms with Crippen LogP contribution >= 0.6 is 11.6 Å². The van der Waals surface area contributed by atoms with Crippen molar-refractivity contribution in [2.75, 3.05) is 19.5 Å². The molecule has 0 aliphatic carbocycles. The third kappa shape index (κ3) is 6.11. The van der Waals surface area contributed by atoms with Crippen LogP contribution in [0.15, 0.2) is 35.4 Å². The molecule has 0 aliphatic heterocycles. The molecule has 0 unspecified atom stereocenters. The number of rotatable bonds is 8. The maximum atomic E-state index is 12.0. The molecule has 8 nitrogen and oxygen atoms in total. The maximum absolute atomic E-state index is 12.0. The number of ether oxygens (including phenoxy) is 2. The molecule has 0 aromatic heterocycles. The zero-order valence-corrected chi connectivity index (χ0v) is 17.0. The van der Waals surface area contributed by atoms with Gasteiger partial charge in [-0.1, -0.05) is 17.7 Å². The van der Waals surface area contributed by atoms with Gasteiger partial charge in [0.05, 0.1) is 20.4 Å². The molecule has 0 radical (unpaired) electrons. The lowest BCUT2D eigenvalue weighted by atomic mass is 10.2. The second kappa shape index (κ2) is 10.3. The quantitative estimate of drug-likeness (QED) is 0.449. The van der Waals surface area contributed by atoms with Crippen molar-refractivity contribution in [1.82, 2.24) is 5.43 Å². The first kappa shape index (κ1) is 22.0. The van der Waals surface area contributed by atoms with Crippen molar-refractivity contribution >= 4 is 35.3 Å². The van der Waals surface area contributed by atoms with E-state index < -0.39 is 5.91 Å². The summed E-state index contributed by atoms with van der Waals surface area (Å²) in [6.07, 6.45) is 1.33. The number of halogens is 1. The van der Waals surface area contributed by atoms with Crippen LogP contribution in [0.1, 0.15) is 24.0 Å². The summed E-state index contributed by atoms with van der Waals surface area (Å²) in [5.41, 5.74) is 4.26. The summed E-state index contributed by atoms with van der Waals surface area (Å²) in [6.45, 7) is 1.80. The molecule has 2 rings (SSSR count). The first-order chi connectivity index (χ1) is 13.8. The van der Waals surface area contributed by atoms with Crippen LogP contribution in [-0.2, 0) is 9.59 Å². The van der Waals surface area contributed by atoms with Gasteiger partial charge >= 0.3 is 0 Å². The second-order valence-electron chi connectivity index (χ2n) is 6.03. The van der Waals surface area contributed by atoms with Crippen molar-refractivity contribution in [2.24, 2.45) is 5.10 Å². The minimum atomic E-state index is -0.420. The molecule has 0 saturated carbocycles. The first-order valence-corrected chi connectivity index (χ1v) is 9.05. The molecule has 0 saturated heterocycles. The van der Waals surface area contributed by atoms with Crippen molar-refractivity contribution in [3.05, 3.63) is 46.5 Å². The summed E-state index contributed by atoms with van der Waals surface area (Å²) < 4.78 is 10.1. The largest absolute Gasteiger partial charge is 0.502 e. The average Bonchev–Trinajstić information content (AvgIpc) is 2.70. The molecule has 0 heterocycles. The summed E-state index contributed by atoms with van der Waals surface area (Å²) in [4.78, 5) is 23.9. The van der Waals surface area contributed by atoms with Gasteiger partial charge in [0.2, 0.25) is 17.6 Å². The number of phenols is 1. The molecule has 29 heavy (non-hydrogen) atoms. The van der Waals surface area contributed by atoms with Crippen LogP contribution in [0, 0.1) is 6.92 Å². The monoisotopic (exact) mass is 419 g/mol. The molecule has 3 N–H and O–H groups in total. The lowest BCUT2D eigenvalue weighted by Crippen LogP contribution is -2.20. The molecule has 154 valence electrons. The van der Waals surface area contributed by atoms with Gasteiger partial charge in [0.1, 0.15) is 0 Å². The van der Waals surface area contributed by atoms with E-state index in [1.807, 2.05) is 0 Å². The minimum absolute atomic E-state index is 0.00579. The highest BCUT2D eigenvalue weighted by Gasteiger charge is 2.11. The van der Waals surface area contributed by atoms with E-state index in [0.717, 1.165) is 5.56 Å². The Morgan fingerprint density at radius 1 is 1.14 bits per heavy atom. The van der Waals surface area contributed by atoms with Crippen LogP contribution < -0.4 is 20.2 Å². The van der Waals surface area contributed by atoms with Crippen molar-refractivity contribution in [1.29, 1.82) is 0 Å². The Morgan fingerprint density at radius 3 is 2.38 bits per heavy atom. The van der Waals surface area contributed by atoms with E-state index in [0.29, 0.717) is 16.3 Å². The summed E-state index contributed by atoms with van der Waals surface area (Å²) in [6, 6.07) is 8.28. The van der Waals surface area contributed by atoms with E-state index >= 15 is 0 Å². The highest BCUT2D eigenvalue weighted by Crippen LogP contribution is 2.36. The average molecular weight is 420 g/mol. The number of carbonyl (C=O) groups excluding carboxylic acids is 2. The van der Waals surface area contributed by atoms with Gasteiger partial charge in [0.15, 0.2) is 11.5 Å². The number of nitrogens with one attached hydrogen (secondary N) is 2. The fraction of sp³-hybridized carbons (Fsp3) is 0.250. The van der Waals surface area contributed by atoms with Crippen LogP contribution in [0.4, 0.5) is 5.69 Å². The molecule has 9 heteroatoms. The van der Waals surface area contributed by atoms with Gasteiger partial charge in [-0.3, -0.25) is 9.59 Å². The van der Waals surface area contributed by atoms with E-state index in [1.54, 1.807) is 25.1 Å². The number of carbonyl (C=O) groups is 2. The van der Waals surface area contributed by atoms with Crippen LogP contribution in [0.25, 0.3) is 0 Å². The molecule has 0 fully saturated rings. The predicted molar refractivity (Wildman–Crippen MR) is 111 cm³/mol. The highest BCUT2D eigenvalue weighted by atomic mass is 35.5. The molecule has 0 bridgehead atoms. The number of methoxy groups -OCH3 is 2. The topological polar surface area (TPSA) is 109 Å². The van der Waals surface area contributed by atoms with Crippen molar-refractivity contribution in [2.45, 2.75) is 19.8 Å². The van der Waals surface area contributed by atoms with E-state index in [1.165, 1.54) is 32.6 Å². The number of aromatic hydroxyl groups is 1. The Morgan fingerprint density at radius 2 is 1.76 bits per heavy atom. The molecule has 0 atom stereocenters. The minimum Gasteiger partial charge on any atom is -0.502 e. The zero-order valence-electron chi connectivity index (χ0n) is 16.3. The maximum Gasteiger partial charge on any atom is 0.240 e. The van der Waals surface area contributed by atoms with E-state index in [9.17, 15) is 14.7 Å². The number of anilines is 1. The van der Waals surface area contributed by atoms with Gasteiger partial charge < -0.3 is 19.9 Å². The number of hydrogen-bond donors (Lipinski definition) is 3. The van der Waals surface area contributed by atoms with Gasteiger partial charge in [-0.05, 0) is 36.8 Å². The third-order valence-electron chi connectivity index (χ3n) is 4.03. The Bertz CT molecular complexity index is 905. The number of amides is 2.